The lowest BCUT2D eigenvalue weighted by Gasteiger charge is -2.40. The van der Waals surface area contributed by atoms with E-state index in [2.05, 4.69) is 5.92 Å². The molecule has 1 saturated heterocycles. The Morgan fingerprint density at radius 3 is 2.60 bits per heavy atom. The summed E-state index contributed by atoms with van der Waals surface area (Å²) >= 11 is 0. The zero-order valence-corrected chi connectivity index (χ0v) is 8.11. The van der Waals surface area contributed by atoms with Crippen molar-refractivity contribution in [2.45, 2.75) is 30.6 Å². The van der Waals surface area contributed by atoms with Gasteiger partial charge in [0.2, 0.25) is 0 Å². The molecule has 0 aliphatic carbocycles. The largest absolute Gasteiger partial charge is 0.394 e. The van der Waals surface area contributed by atoms with Gasteiger partial charge in [0.15, 0.2) is 6.29 Å². The molecule has 15 heavy (non-hydrogen) atoms. The third-order valence-corrected chi connectivity index (χ3v) is 2.26. The van der Waals surface area contributed by atoms with Crippen LogP contribution in [0.25, 0.3) is 0 Å². The maximum absolute atomic E-state index is 9.52. The van der Waals surface area contributed by atoms with Gasteiger partial charge in [-0.15, -0.1) is 6.42 Å². The van der Waals surface area contributed by atoms with E-state index in [-0.39, 0.29) is 6.61 Å². The Morgan fingerprint density at radius 2 is 2.07 bits per heavy atom. The summed E-state index contributed by atoms with van der Waals surface area (Å²) in [5.41, 5.74) is 5.56. The van der Waals surface area contributed by atoms with Crippen molar-refractivity contribution in [2.75, 3.05) is 13.2 Å². The molecule has 1 aliphatic heterocycles. The lowest BCUT2D eigenvalue weighted by molar-refractivity contribution is -0.262. The molecule has 5 atom stereocenters. The summed E-state index contributed by atoms with van der Waals surface area (Å²) in [6, 6.07) is -0.892. The van der Waals surface area contributed by atoms with Crippen LogP contribution in [0.2, 0.25) is 0 Å². The van der Waals surface area contributed by atoms with Gasteiger partial charge in [-0.25, -0.2) is 0 Å². The monoisotopic (exact) mass is 217 g/mol. The van der Waals surface area contributed by atoms with Crippen molar-refractivity contribution < 1.29 is 24.8 Å². The molecule has 0 amide bonds. The molecule has 6 nitrogen and oxygen atoms in total. The van der Waals surface area contributed by atoms with Crippen LogP contribution >= 0.6 is 0 Å². The summed E-state index contributed by atoms with van der Waals surface area (Å²) in [5.74, 6) is 2.23. The maximum atomic E-state index is 9.52. The summed E-state index contributed by atoms with van der Waals surface area (Å²) in [6.45, 7) is -0.444. The van der Waals surface area contributed by atoms with Crippen molar-refractivity contribution in [3.8, 4) is 12.3 Å². The molecule has 0 spiro atoms. The average Bonchev–Trinajstić information content (AvgIpc) is 2.25. The predicted octanol–water partition coefficient (Wildman–Crippen LogP) is -2.60. The normalized spacial score (nSPS) is 41.1. The Bertz CT molecular complexity index is 239. The first-order chi connectivity index (χ1) is 7.11. The maximum Gasteiger partial charge on any atom is 0.177 e. The highest BCUT2D eigenvalue weighted by Gasteiger charge is 2.42. The Balaban J connectivity index is 2.62. The van der Waals surface area contributed by atoms with Crippen LogP contribution in [0.15, 0.2) is 0 Å². The van der Waals surface area contributed by atoms with Crippen LogP contribution in [0, 0.1) is 12.3 Å². The number of hydrogen-bond donors (Lipinski definition) is 4. The van der Waals surface area contributed by atoms with Gasteiger partial charge < -0.3 is 30.5 Å². The fourth-order valence-electron chi connectivity index (χ4n) is 1.38. The van der Waals surface area contributed by atoms with Gasteiger partial charge in [-0.3, -0.25) is 0 Å². The van der Waals surface area contributed by atoms with Crippen molar-refractivity contribution in [1.82, 2.24) is 0 Å². The molecule has 0 unspecified atom stereocenters. The van der Waals surface area contributed by atoms with E-state index in [0.717, 1.165) is 0 Å². The van der Waals surface area contributed by atoms with Gasteiger partial charge in [0, 0.05) is 0 Å². The van der Waals surface area contributed by atoms with E-state index in [9.17, 15) is 10.2 Å². The second-order valence-corrected chi connectivity index (χ2v) is 3.30. The van der Waals surface area contributed by atoms with E-state index in [1.54, 1.807) is 0 Å². The van der Waals surface area contributed by atoms with Crippen molar-refractivity contribution in [1.29, 1.82) is 0 Å². The summed E-state index contributed by atoms with van der Waals surface area (Å²) in [4.78, 5) is 0. The molecule has 1 heterocycles. The fourth-order valence-corrected chi connectivity index (χ4v) is 1.38. The second kappa shape index (κ2) is 5.42. The van der Waals surface area contributed by atoms with Gasteiger partial charge in [0.05, 0.1) is 12.6 Å². The highest BCUT2D eigenvalue weighted by Crippen LogP contribution is 2.20. The van der Waals surface area contributed by atoms with Crippen LogP contribution in [0.1, 0.15) is 0 Å². The predicted molar refractivity (Wildman–Crippen MR) is 50.5 cm³/mol. The molecule has 86 valence electrons. The number of nitrogens with two attached hydrogens (primary N) is 1. The van der Waals surface area contributed by atoms with Crippen LogP contribution in [-0.2, 0) is 9.47 Å². The first-order valence-electron chi connectivity index (χ1n) is 4.55. The number of terminal acetylenes is 1. The number of aliphatic hydroxyl groups excluding tert-OH is 3. The quantitative estimate of drug-likeness (QED) is 0.386. The van der Waals surface area contributed by atoms with Gasteiger partial charge in [-0.2, -0.15) is 0 Å². The zero-order valence-electron chi connectivity index (χ0n) is 8.11. The van der Waals surface area contributed by atoms with Gasteiger partial charge in [0.25, 0.3) is 0 Å². The highest BCUT2D eigenvalue weighted by molar-refractivity contribution is 4.92. The summed E-state index contributed by atoms with van der Waals surface area (Å²) in [6.07, 6.45) is 0.718. The minimum Gasteiger partial charge on any atom is -0.394 e. The zero-order chi connectivity index (χ0) is 11.4. The third-order valence-electron chi connectivity index (χ3n) is 2.26. The van der Waals surface area contributed by atoms with Crippen LogP contribution in [0.5, 0.6) is 0 Å². The fraction of sp³-hybridized carbons (Fsp3) is 0.778. The molecule has 6 heteroatoms. The van der Waals surface area contributed by atoms with Gasteiger partial charge >= 0.3 is 0 Å². The summed E-state index contributed by atoms with van der Waals surface area (Å²) < 4.78 is 10.2. The molecule has 0 bridgehead atoms. The molecule has 1 fully saturated rings. The average molecular weight is 217 g/mol. The molecule has 1 aliphatic rings. The first kappa shape index (κ1) is 12.4. The minimum atomic E-state index is -1.23. The summed E-state index contributed by atoms with van der Waals surface area (Å²) in [5, 5.41) is 27.8. The topological polar surface area (TPSA) is 105 Å². The van der Waals surface area contributed by atoms with Crippen molar-refractivity contribution in [3.05, 3.63) is 0 Å². The standard InChI is InChI=1S/C9H15NO5/c1-2-3-14-9-6(10)8(13)7(12)5(4-11)15-9/h1,5-9,11-13H,3-4,10H2/t5-,6-,7-,8-,9+/m1/s1. The van der Waals surface area contributed by atoms with E-state index >= 15 is 0 Å². The molecular formula is C9H15NO5. The molecule has 0 radical (unpaired) electrons. The van der Waals surface area contributed by atoms with Gasteiger partial charge in [-0.05, 0) is 0 Å². The first-order valence-corrected chi connectivity index (χ1v) is 4.55. The Kier molecular flexibility index (Phi) is 4.47. The van der Waals surface area contributed by atoms with E-state index < -0.39 is 37.3 Å². The van der Waals surface area contributed by atoms with Crippen molar-refractivity contribution in [2.24, 2.45) is 5.73 Å². The van der Waals surface area contributed by atoms with Gasteiger partial charge in [0.1, 0.15) is 24.9 Å². The van der Waals surface area contributed by atoms with E-state index in [1.807, 2.05) is 0 Å². The summed E-state index contributed by atoms with van der Waals surface area (Å²) in [7, 11) is 0. The number of rotatable bonds is 3. The Labute approximate surface area is 87.6 Å². The number of ether oxygens (including phenoxy) is 2. The molecule has 0 aromatic rings. The molecular weight excluding hydrogens is 202 g/mol. The molecule has 5 N–H and O–H groups in total. The minimum absolute atomic E-state index is 0.0146. The Morgan fingerprint density at radius 1 is 1.40 bits per heavy atom. The Hall–Kier alpha value is -0.680. The van der Waals surface area contributed by atoms with E-state index in [4.69, 9.17) is 26.7 Å². The van der Waals surface area contributed by atoms with E-state index in [1.165, 1.54) is 0 Å². The molecule has 0 aromatic carbocycles. The van der Waals surface area contributed by atoms with Crippen LogP contribution in [0.4, 0.5) is 0 Å². The highest BCUT2D eigenvalue weighted by atomic mass is 16.7. The number of hydrogen-bond acceptors (Lipinski definition) is 6. The van der Waals surface area contributed by atoms with Gasteiger partial charge in [-0.1, -0.05) is 5.92 Å². The number of aliphatic hydroxyl groups is 3. The van der Waals surface area contributed by atoms with Crippen molar-refractivity contribution in [3.63, 3.8) is 0 Å². The lowest BCUT2D eigenvalue weighted by Crippen LogP contribution is -2.62. The molecule has 1 rings (SSSR count). The van der Waals surface area contributed by atoms with Crippen LogP contribution < -0.4 is 5.73 Å². The second-order valence-electron chi connectivity index (χ2n) is 3.30. The van der Waals surface area contributed by atoms with Crippen LogP contribution in [-0.4, -0.2) is 59.2 Å². The SMILES string of the molecule is C#CCO[C@H]1O[C@H](CO)[C@@H](O)[C@H](O)[C@H]1N. The molecule has 0 saturated carbocycles. The lowest BCUT2D eigenvalue weighted by atomic mass is 9.98. The van der Waals surface area contributed by atoms with Crippen molar-refractivity contribution >= 4 is 0 Å². The smallest absolute Gasteiger partial charge is 0.177 e. The third kappa shape index (κ3) is 2.66. The van der Waals surface area contributed by atoms with E-state index in [0.29, 0.717) is 0 Å². The molecule has 0 aromatic heterocycles. The van der Waals surface area contributed by atoms with Crippen LogP contribution in [0.3, 0.4) is 0 Å².